The van der Waals surface area contributed by atoms with Crippen LogP contribution in [0.5, 0.6) is 0 Å². The maximum Gasteiger partial charge on any atom is 0.186 e. The number of fused-ring (bicyclic) bond motifs is 3. The van der Waals surface area contributed by atoms with E-state index in [-0.39, 0.29) is 39.6 Å². The van der Waals surface area contributed by atoms with Gasteiger partial charge in [-0.15, -0.1) is 11.3 Å². The van der Waals surface area contributed by atoms with E-state index in [0.29, 0.717) is 63.3 Å². The molecule has 2 bridgehead atoms. The number of alkyl halides is 1. The second-order valence-electron chi connectivity index (χ2n) is 11.7. The molecule has 3 saturated heterocycles. The van der Waals surface area contributed by atoms with Crippen LogP contribution in [0.3, 0.4) is 0 Å². The molecule has 0 amide bonds. The van der Waals surface area contributed by atoms with Crippen molar-refractivity contribution >= 4 is 60.1 Å². The number of nitrogen functional groups attached to an aromatic ring is 1. The van der Waals surface area contributed by atoms with E-state index in [0.717, 1.165) is 24.3 Å². The minimum Gasteiger partial charge on any atom is -0.484 e. The first-order valence-electron chi connectivity index (χ1n) is 16.0. The maximum absolute atomic E-state index is 16.4. The standard InChI is InChI=1S/C26H23BrF2N4O2S.C6H12FN.C3H8/c1-4-15-17(26(32-12(2)34-3)33-13-7-14(33)11-35-10-13)8-19(27)22(23(15)29)16-5-6-20(28)24-21(16)18(9-30)25(31)36-24;7-4-3-6-2-1-5-8-6;1-3-2/h4-6,8,13-14H,7,10-11,31H2,1-3H3;6,8H,1-5H2;3H2,1-2H3/b15-4-,26-17+,32-12+;;. The largest absolute Gasteiger partial charge is 0.484 e. The van der Waals surface area contributed by atoms with Gasteiger partial charge in [0.1, 0.15) is 28.5 Å². The van der Waals surface area contributed by atoms with Crippen LogP contribution in [0.15, 0.2) is 27.7 Å². The van der Waals surface area contributed by atoms with Gasteiger partial charge in [-0.2, -0.15) is 10.3 Å². The van der Waals surface area contributed by atoms with Crippen molar-refractivity contribution in [3.63, 3.8) is 0 Å². The van der Waals surface area contributed by atoms with Gasteiger partial charge in [0, 0.05) is 38.8 Å². The van der Waals surface area contributed by atoms with E-state index in [2.05, 4.69) is 46.1 Å². The molecule has 0 saturated carbocycles. The zero-order valence-corrected chi connectivity index (χ0v) is 30.0. The molecular weight excluding hydrogens is 691 g/mol. The molecule has 3 aromatic rings. The second-order valence-corrected chi connectivity index (χ2v) is 13.6. The summed E-state index contributed by atoms with van der Waals surface area (Å²) in [7, 11) is 1.54. The fraction of sp³-hybridized carbons (Fsp3) is 0.486. The number of rotatable bonds is 5. The lowest BCUT2D eigenvalue weighted by atomic mass is 9.91. The molecule has 0 spiro atoms. The summed E-state index contributed by atoms with van der Waals surface area (Å²) in [5.41, 5.74) is 6.77. The number of thiophene rings is 1. The Bertz CT molecular complexity index is 1750. The van der Waals surface area contributed by atoms with Gasteiger partial charge < -0.3 is 25.4 Å². The second kappa shape index (κ2) is 16.8. The van der Waals surface area contributed by atoms with Crippen molar-refractivity contribution in [3.8, 4) is 17.2 Å². The summed E-state index contributed by atoms with van der Waals surface area (Å²) in [6, 6.07) is 7.43. The van der Waals surface area contributed by atoms with E-state index >= 15 is 4.39 Å². The van der Waals surface area contributed by atoms with E-state index < -0.39 is 11.6 Å². The number of benzene rings is 2. The predicted molar refractivity (Wildman–Crippen MR) is 189 cm³/mol. The van der Waals surface area contributed by atoms with Gasteiger partial charge in [0.25, 0.3) is 0 Å². The molecule has 2 aromatic carbocycles. The molecule has 1 aromatic heterocycles. The minimum absolute atomic E-state index is 0.142. The van der Waals surface area contributed by atoms with Crippen LogP contribution in [0.25, 0.3) is 33.1 Å². The Labute approximate surface area is 287 Å². The molecule has 3 atom stereocenters. The Morgan fingerprint density at radius 3 is 2.55 bits per heavy atom. The molecule has 3 unspecified atom stereocenters. The maximum atomic E-state index is 16.4. The van der Waals surface area contributed by atoms with Gasteiger partial charge in [-0.1, -0.05) is 48.3 Å². The highest BCUT2D eigenvalue weighted by atomic mass is 79.9. The molecule has 12 heteroatoms. The van der Waals surface area contributed by atoms with Gasteiger partial charge in [0.05, 0.1) is 49.3 Å². The Morgan fingerprint density at radius 1 is 1.30 bits per heavy atom. The van der Waals surface area contributed by atoms with Crippen molar-refractivity contribution in [2.24, 2.45) is 4.99 Å². The van der Waals surface area contributed by atoms with Gasteiger partial charge in [0.15, 0.2) is 5.90 Å². The molecular formula is C35H43BrF3N5O2S. The normalized spacial score (nSPS) is 21.3. The van der Waals surface area contributed by atoms with Gasteiger partial charge in [0.2, 0.25) is 0 Å². The van der Waals surface area contributed by atoms with E-state index in [1.54, 1.807) is 27.0 Å². The lowest BCUT2D eigenvalue weighted by molar-refractivity contribution is -0.0958. The SMILES string of the molecule is CCC.C\C=c1/c(F)c(-c2ccc(F)c3sc(N)c(C#N)c23)c(Br)c/c1=C(/N=C(\C)OC)N1C2COCC1C2.FCCC1CCCN1. The average Bonchev–Trinajstić information content (AvgIpc) is 3.70. The Kier molecular flexibility index (Phi) is 13.1. The number of hydrogen-bond acceptors (Lipinski definition) is 8. The third-order valence-corrected chi connectivity index (χ3v) is 10.0. The Morgan fingerprint density at radius 2 is 2.00 bits per heavy atom. The first-order valence-corrected chi connectivity index (χ1v) is 17.6. The van der Waals surface area contributed by atoms with Crippen molar-refractivity contribution in [3.05, 3.63) is 50.3 Å². The quantitative estimate of drug-likeness (QED) is 0.217. The summed E-state index contributed by atoms with van der Waals surface area (Å²) in [6.45, 7) is 9.84. The van der Waals surface area contributed by atoms with Gasteiger partial charge in [-0.25, -0.2) is 8.78 Å². The zero-order valence-electron chi connectivity index (χ0n) is 27.6. The third-order valence-electron chi connectivity index (χ3n) is 8.36. The first kappa shape index (κ1) is 36.7. The highest BCUT2D eigenvalue weighted by molar-refractivity contribution is 9.10. The number of nitrogens with one attached hydrogen (secondary N) is 1. The topological polar surface area (TPSA) is 95.9 Å². The Hall–Kier alpha value is -3.11. The molecule has 3 N–H and O–H groups in total. The predicted octanol–water partition coefficient (Wildman–Crippen LogP) is 6.98. The van der Waals surface area contributed by atoms with Crippen LogP contribution in [0, 0.1) is 23.0 Å². The van der Waals surface area contributed by atoms with Crippen molar-refractivity contribution in [2.75, 3.05) is 39.3 Å². The molecule has 3 aliphatic heterocycles. The van der Waals surface area contributed by atoms with Crippen LogP contribution in [0.2, 0.25) is 0 Å². The number of morpholine rings is 1. The number of methoxy groups -OCH3 is 1. The molecule has 0 aliphatic carbocycles. The molecule has 3 fully saturated rings. The molecule has 254 valence electrons. The van der Waals surface area contributed by atoms with Crippen molar-refractivity contribution in [2.45, 2.75) is 77.9 Å². The van der Waals surface area contributed by atoms with Crippen LogP contribution >= 0.6 is 27.3 Å². The average molecular weight is 735 g/mol. The van der Waals surface area contributed by atoms with E-state index in [1.807, 2.05) is 6.07 Å². The molecule has 0 radical (unpaired) electrons. The van der Waals surface area contributed by atoms with Crippen molar-refractivity contribution < 1.29 is 22.6 Å². The summed E-state index contributed by atoms with van der Waals surface area (Å²) < 4.78 is 54.3. The van der Waals surface area contributed by atoms with E-state index in [1.165, 1.54) is 31.4 Å². The van der Waals surface area contributed by atoms with Crippen LogP contribution in [-0.4, -0.2) is 62.5 Å². The third kappa shape index (κ3) is 7.80. The fourth-order valence-corrected chi connectivity index (χ4v) is 7.69. The summed E-state index contributed by atoms with van der Waals surface area (Å²) in [5.74, 6) is 0.0492. The zero-order chi connectivity index (χ0) is 34.2. The molecule has 47 heavy (non-hydrogen) atoms. The molecule has 6 rings (SSSR count). The van der Waals surface area contributed by atoms with Crippen LogP contribution in [-0.2, 0) is 9.47 Å². The van der Waals surface area contributed by atoms with Gasteiger partial charge in [-0.05, 0) is 56.8 Å². The van der Waals surface area contributed by atoms with Crippen LogP contribution in [0.4, 0.5) is 18.2 Å². The lowest BCUT2D eigenvalue weighted by Gasteiger charge is -2.53. The number of aliphatic imine (C=N–C) groups is 1. The molecule has 3 aliphatic rings. The van der Waals surface area contributed by atoms with Crippen molar-refractivity contribution in [1.29, 1.82) is 5.26 Å². The van der Waals surface area contributed by atoms with Gasteiger partial charge in [-0.3, -0.25) is 4.39 Å². The number of ether oxygens (including phenoxy) is 2. The molecule has 4 heterocycles. The summed E-state index contributed by atoms with van der Waals surface area (Å²) >= 11 is 4.55. The minimum atomic E-state index is -0.506. The van der Waals surface area contributed by atoms with Gasteiger partial charge >= 0.3 is 0 Å². The fourth-order valence-electron chi connectivity index (χ4n) is 6.13. The number of halogens is 4. The van der Waals surface area contributed by atoms with Crippen LogP contribution in [0.1, 0.15) is 65.4 Å². The number of nitrogens with zero attached hydrogens (tertiary/aromatic N) is 3. The smallest absolute Gasteiger partial charge is 0.186 e. The monoisotopic (exact) mass is 733 g/mol. The van der Waals surface area contributed by atoms with Crippen LogP contribution < -0.4 is 21.5 Å². The van der Waals surface area contributed by atoms with E-state index in [9.17, 15) is 14.0 Å². The van der Waals surface area contributed by atoms with E-state index in [4.69, 9.17) is 20.2 Å². The number of anilines is 1. The number of nitrogens with two attached hydrogens (primary N) is 1. The first-order chi connectivity index (χ1) is 22.6. The Balaban J connectivity index is 0.000000389. The number of hydrogen-bond donors (Lipinski definition) is 2. The summed E-state index contributed by atoms with van der Waals surface area (Å²) in [4.78, 5) is 6.89. The number of nitriles is 1. The summed E-state index contributed by atoms with van der Waals surface area (Å²) in [5, 5.41) is 14.4. The lowest BCUT2D eigenvalue weighted by Crippen LogP contribution is -2.63. The molecule has 7 nitrogen and oxygen atoms in total. The highest BCUT2D eigenvalue weighted by Crippen LogP contribution is 2.43. The van der Waals surface area contributed by atoms with Crippen molar-refractivity contribution in [1.82, 2.24) is 10.2 Å². The highest BCUT2D eigenvalue weighted by Gasteiger charge is 2.44. The summed E-state index contributed by atoms with van der Waals surface area (Å²) in [6.07, 6.45) is 7.04.